The largest absolute Gasteiger partial charge is 0.340 e. The van der Waals surface area contributed by atoms with Crippen molar-refractivity contribution in [1.29, 1.82) is 0 Å². The second-order valence-corrected chi connectivity index (χ2v) is 7.69. The van der Waals surface area contributed by atoms with Crippen molar-refractivity contribution in [1.82, 2.24) is 9.80 Å². The maximum atomic E-state index is 13.4. The first-order valence-electron chi connectivity index (χ1n) is 9.32. The van der Waals surface area contributed by atoms with Gasteiger partial charge in [0.1, 0.15) is 6.04 Å². The number of carbonyl (C=O) groups excluding carboxylic acids is 2. The Kier molecular flexibility index (Phi) is 4.07. The lowest BCUT2D eigenvalue weighted by Gasteiger charge is -2.41. The van der Waals surface area contributed by atoms with Crippen molar-refractivity contribution >= 4 is 11.8 Å². The fourth-order valence-corrected chi connectivity index (χ4v) is 4.20. The summed E-state index contributed by atoms with van der Waals surface area (Å²) in [6.07, 6.45) is 5.08. The van der Waals surface area contributed by atoms with Crippen LogP contribution >= 0.6 is 0 Å². The molecule has 4 nitrogen and oxygen atoms in total. The minimum atomic E-state index is -0.409. The number of carbonyl (C=O) groups is 2. The molecule has 1 aromatic rings. The second kappa shape index (κ2) is 6.23. The molecule has 0 radical (unpaired) electrons. The molecular weight excluding hydrogens is 300 g/mol. The molecule has 1 aliphatic carbocycles. The minimum absolute atomic E-state index is 0.128. The van der Waals surface area contributed by atoms with Gasteiger partial charge in [-0.05, 0) is 49.1 Å². The number of benzene rings is 1. The Morgan fingerprint density at radius 1 is 1.04 bits per heavy atom. The van der Waals surface area contributed by atoms with E-state index in [1.54, 1.807) is 0 Å². The number of nitrogens with zero attached hydrogens (tertiary/aromatic N) is 2. The molecule has 0 N–H and O–H groups in total. The minimum Gasteiger partial charge on any atom is -0.340 e. The summed E-state index contributed by atoms with van der Waals surface area (Å²) in [7, 11) is 0. The molecule has 1 saturated heterocycles. The zero-order valence-corrected chi connectivity index (χ0v) is 14.4. The van der Waals surface area contributed by atoms with Crippen molar-refractivity contribution in [3.8, 4) is 0 Å². The predicted molar refractivity (Wildman–Crippen MR) is 92.3 cm³/mol. The summed E-state index contributed by atoms with van der Waals surface area (Å²) < 4.78 is 0. The van der Waals surface area contributed by atoms with Crippen LogP contribution in [-0.2, 0) is 16.0 Å². The van der Waals surface area contributed by atoms with E-state index in [0.29, 0.717) is 12.5 Å². The first kappa shape index (κ1) is 15.7. The van der Waals surface area contributed by atoms with Crippen molar-refractivity contribution in [2.45, 2.75) is 45.1 Å². The summed E-state index contributed by atoms with van der Waals surface area (Å²) in [5.41, 5.74) is 2.27. The smallest absolute Gasteiger partial charge is 0.250 e. The molecule has 0 unspecified atom stereocenters. The van der Waals surface area contributed by atoms with Crippen LogP contribution in [0.4, 0.5) is 0 Å². The number of rotatable bonds is 2. The molecule has 2 aliphatic heterocycles. The molecule has 1 aromatic carbocycles. The highest BCUT2D eigenvalue weighted by Crippen LogP contribution is 2.38. The van der Waals surface area contributed by atoms with Gasteiger partial charge in [0.05, 0.1) is 0 Å². The van der Waals surface area contributed by atoms with Gasteiger partial charge in [-0.3, -0.25) is 9.59 Å². The predicted octanol–water partition coefficient (Wildman–Crippen LogP) is 2.78. The highest BCUT2D eigenvalue weighted by Gasteiger charge is 2.43. The van der Waals surface area contributed by atoms with E-state index in [9.17, 15) is 9.59 Å². The van der Waals surface area contributed by atoms with Crippen molar-refractivity contribution in [3.05, 3.63) is 35.4 Å². The van der Waals surface area contributed by atoms with Gasteiger partial charge < -0.3 is 9.80 Å². The third-order valence-electron chi connectivity index (χ3n) is 5.70. The fraction of sp³-hybridized carbons (Fsp3) is 0.600. The van der Waals surface area contributed by atoms with Crippen molar-refractivity contribution < 1.29 is 9.59 Å². The van der Waals surface area contributed by atoms with Gasteiger partial charge in [-0.25, -0.2) is 0 Å². The van der Waals surface area contributed by atoms with Gasteiger partial charge in [0.15, 0.2) is 0 Å². The Balaban J connectivity index is 1.66. The zero-order valence-electron chi connectivity index (χ0n) is 14.4. The first-order valence-corrected chi connectivity index (χ1v) is 9.32. The monoisotopic (exact) mass is 326 g/mol. The van der Waals surface area contributed by atoms with E-state index in [1.165, 1.54) is 12.0 Å². The van der Waals surface area contributed by atoms with Gasteiger partial charge in [0, 0.05) is 25.6 Å². The van der Waals surface area contributed by atoms with Crippen LogP contribution in [-0.4, -0.2) is 41.2 Å². The van der Waals surface area contributed by atoms with E-state index in [-0.39, 0.29) is 17.7 Å². The van der Waals surface area contributed by atoms with Gasteiger partial charge in [-0.1, -0.05) is 31.2 Å². The normalized spacial score (nSPS) is 26.9. The molecule has 2 fully saturated rings. The van der Waals surface area contributed by atoms with E-state index in [1.807, 2.05) is 28.0 Å². The number of piperidine rings is 1. The topological polar surface area (TPSA) is 40.6 Å². The van der Waals surface area contributed by atoms with Gasteiger partial charge in [0.2, 0.25) is 11.8 Å². The summed E-state index contributed by atoms with van der Waals surface area (Å²) >= 11 is 0. The van der Waals surface area contributed by atoms with Crippen LogP contribution in [0.2, 0.25) is 0 Å². The Morgan fingerprint density at radius 3 is 2.58 bits per heavy atom. The van der Waals surface area contributed by atoms with E-state index in [2.05, 4.69) is 13.0 Å². The van der Waals surface area contributed by atoms with Crippen LogP contribution < -0.4 is 0 Å². The molecular formula is C20H26N2O2. The molecule has 2 atom stereocenters. The van der Waals surface area contributed by atoms with Crippen LogP contribution in [0.15, 0.2) is 24.3 Å². The molecule has 0 bridgehead atoms. The molecule has 0 aromatic heterocycles. The average molecular weight is 326 g/mol. The fourth-order valence-electron chi connectivity index (χ4n) is 4.20. The van der Waals surface area contributed by atoms with E-state index >= 15 is 0 Å². The maximum absolute atomic E-state index is 13.4. The third kappa shape index (κ3) is 2.83. The summed E-state index contributed by atoms with van der Waals surface area (Å²) in [6.45, 7) is 4.53. The molecule has 4 rings (SSSR count). The molecule has 4 heteroatoms. The van der Waals surface area contributed by atoms with E-state index in [0.717, 1.165) is 44.3 Å². The number of amides is 2. The third-order valence-corrected chi connectivity index (χ3v) is 5.70. The zero-order chi connectivity index (χ0) is 16.7. The molecule has 24 heavy (non-hydrogen) atoms. The SMILES string of the molecule is C[C@H]1CCCN(C(=O)[C@H]2c3ccccc3CCN2C(=O)C2CC2)C1. The van der Waals surface area contributed by atoms with Crippen molar-refractivity contribution in [3.63, 3.8) is 0 Å². The van der Waals surface area contributed by atoms with Gasteiger partial charge in [-0.2, -0.15) is 0 Å². The van der Waals surface area contributed by atoms with Crippen molar-refractivity contribution in [2.24, 2.45) is 11.8 Å². The lowest BCUT2D eigenvalue weighted by atomic mass is 9.90. The Hall–Kier alpha value is -1.84. The maximum Gasteiger partial charge on any atom is 0.250 e. The average Bonchev–Trinajstić information content (AvgIpc) is 3.44. The highest BCUT2D eigenvalue weighted by atomic mass is 16.2. The van der Waals surface area contributed by atoms with Crippen LogP contribution in [0.25, 0.3) is 0 Å². The number of hydrogen-bond acceptors (Lipinski definition) is 2. The molecule has 2 amide bonds. The summed E-state index contributed by atoms with van der Waals surface area (Å²) in [6, 6.07) is 7.75. The number of likely N-dealkylation sites (tertiary alicyclic amines) is 1. The van der Waals surface area contributed by atoms with Gasteiger partial charge in [-0.15, -0.1) is 0 Å². The highest BCUT2D eigenvalue weighted by molar-refractivity contribution is 5.91. The Bertz CT molecular complexity index is 653. The summed E-state index contributed by atoms with van der Waals surface area (Å²) in [5, 5.41) is 0. The van der Waals surface area contributed by atoms with E-state index < -0.39 is 6.04 Å². The summed E-state index contributed by atoms with van der Waals surface area (Å²) in [4.78, 5) is 30.0. The van der Waals surface area contributed by atoms with Gasteiger partial charge in [0.25, 0.3) is 0 Å². The van der Waals surface area contributed by atoms with Crippen LogP contribution in [0, 0.1) is 11.8 Å². The Labute approximate surface area is 143 Å². The van der Waals surface area contributed by atoms with Crippen molar-refractivity contribution in [2.75, 3.05) is 19.6 Å². The van der Waals surface area contributed by atoms with Crippen LogP contribution in [0.3, 0.4) is 0 Å². The molecule has 0 spiro atoms. The van der Waals surface area contributed by atoms with Gasteiger partial charge >= 0.3 is 0 Å². The Morgan fingerprint density at radius 2 is 1.83 bits per heavy atom. The lowest BCUT2D eigenvalue weighted by molar-refractivity contribution is -0.148. The summed E-state index contributed by atoms with van der Waals surface area (Å²) in [5.74, 6) is 1.02. The molecule has 128 valence electrons. The number of hydrogen-bond donors (Lipinski definition) is 0. The van der Waals surface area contributed by atoms with Crippen LogP contribution in [0.5, 0.6) is 0 Å². The molecule has 3 aliphatic rings. The molecule has 1 saturated carbocycles. The number of fused-ring (bicyclic) bond motifs is 1. The first-order chi connectivity index (χ1) is 11.6. The van der Waals surface area contributed by atoms with E-state index in [4.69, 9.17) is 0 Å². The second-order valence-electron chi connectivity index (χ2n) is 7.69. The standard InChI is InChI=1S/C20H26N2O2/c1-14-5-4-11-21(13-14)20(24)18-17-7-3-2-6-15(17)10-12-22(18)19(23)16-8-9-16/h2-3,6-7,14,16,18H,4-5,8-13H2,1H3/t14-,18+/m0/s1. The lowest BCUT2D eigenvalue weighted by Crippen LogP contribution is -2.50. The quantitative estimate of drug-likeness (QED) is 0.838. The molecule has 2 heterocycles. The van der Waals surface area contributed by atoms with Crippen LogP contribution in [0.1, 0.15) is 49.8 Å².